The number of amides is 6. The first kappa shape index (κ1) is 56.4. The number of ether oxygens (including phenoxy) is 2. The molecule has 21 nitrogen and oxygen atoms in total. The van der Waals surface area contributed by atoms with Crippen LogP contribution < -0.4 is 31.5 Å². The Kier molecular flexibility index (Phi) is 19.1. The number of hydrogen-bond acceptors (Lipinski definition) is 15. The van der Waals surface area contributed by atoms with Gasteiger partial charge in [-0.1, -0.05) is 54.3 Å². The number of hydrogen-bond donors (Lipinski definition) is 5. The van der Waals surface area contributed by atoms with E-state index >= 15 is 0 Å². The molecule has 2 aromatic carbocycles. The van der Waals surface area contributed by atoms with Crippen molar-refractivity contribution in [3.63, 3.8) is 0 Å². The molecule has 2 saturated heterocycles. The van der Waals surface area contributed by atoms with Gasteiger partial charge < -0.3 is 60.2 Å². The Morgan fingerprint density at radius 3 is 2.30 bits per heavy atom. The minimum atomic E-state index is -0.658. The number of fused-ring (bicyclic) bond motifs is 1. The van der Waals surface area contributed by atoms with Gasteiger partial charge in [0.25, 0.3) is 17.7 Å². The molecule has 0 spiro atoms. The normalized spacial score (nSPS) is 16.0. The molecule has 0 radical (unpaired) electrons. The molecule has 5 aromatic rings. The molecule has 24 heteroatoms. The average molecular weight is 1100 g/mol. The fourth-order valence-electron chi connectivity index (χ4n) is 9.90. The number of likely N-dealkylation sites (N-methyl/N-ethyl adjacent to an activating group) is 1. The van der Waals surface area contributed by atoms with Crippen molar-refractivity contribution in [2.45, 2.75) is 65.0 Å². The second kappa shape index (κ2) is 26.0. The van der Waals surface area contributed by atoms with Crippen LogP contribution in [-0.4, -0.2) is 174 Å². The summed E-state index contributed by atoms with van der Waals surface area (Å²) in [6, 6.07) is 10.1. The number of piperazine rings is 2. The van der Waals surface area contributed by atoms with Crippen LogP contribution in [0.3, 0.4) is 0 Å². The molecule has 2 aliphatic heterocycles. The minimum Gasteiger partial charge on any atom is -0.377 e. The van der Waals surface area contributed by atoms with E-state index in [1.807, 2.05) is 19.1 Å². The zero-order valence-corrected chi connectivity index (χ0v) is 45.7. The van der Waals surface area contributed by atoms with E-state index < -0.39 is 29.7 Å². The molecule has 3 aliphatic rings. The summed E-state index contributed by atoms with van der Waals surface area (Å²) in [6.45, 7) is 8.60. The van der Waals surface area contributed by atoms with E-state index in [1.165, 1.54) is 35.7 Å². The second-order valence-corrected chi connectivity index (χ2v) is 20.9. The number of rotatable bonds is 20. The molecule has 1 unspecified atom stereocenters. The van der Waals surface area contributed by atoms with E-state index in [9.17, 15) is 33.2 Å². The highest BCUT2D eigenvalue weighted by Gasteiger charge is 2.38. The Morgan fingerprint density at radius 1 is 0.857 bits per heavy atom. The van der Waals surface area contributed by atoms with Crippen LogP contribution in [0.2, 0.25) is 5.02 Å². The minimum absolute atomic E-state index is 0.0298. The molecule has 3 fully saturated rings. The molecule has 5 heterocycles. The van der Waals surface area contributed by atoms with Crippen LogP contribution in [0.4, 0.5) is 26.8 Å². The number of nitrogens with zero attached hydrogens (tertiary/aromatic N) is 8. The maximum atomic E-state index is 14.7. The van der Waals surface area contributed by atoms with Crippen molar-refractivity contribution in [3.8, 4) is 0 Å². The van der Waals surface area contributed by atoms with E-state index in [0.29, 0.717) is 69.9 Å². The molecular formula is C53H67ClFN13O8S. The van der Waals surface area contributed by atoms with Gasteiger partial charge in [0.05, 0.1) is 48.3 Å². The number of thiazole rings is 1. The molecule has 6 amide bonds. The summed E-state index contributed by atoms with van der Waals surface area (Å²) >= 11 is 7.48. The predicted molar refractivity (Wildman–Crippen MR) is 291 cm³/mol. The first-order chi connectivity index (χ1) is 37.1. The van der Waals surface area contributed by atoms with Gasteiger partial charge in [0.1, 0.15) is 46.5 Å². The van der Waals surface area contributed by atoms with Crippen molar-refractivity contribution in [2.24, 2.45) is 13.0 Å². The van der Waals surface area contributed by atoms with Crippen LogP contribution >= 0.6 is 22.9 Å². The molecule has 1 saturated carbocycles. The maximum Gasteiger partial charge on any atom is 0.271 e. The smallest absolute Gasteiger partial charge is 0.271 e. The van der Waals surface area contributed by atoms with E-state index in [2.05, 4.69) is 46.4 Å². The molecular weight excluding hydrogens is 1030 g/mol. The number of aryl methyl sites for hydroxylation is 3. The molecule has 412 valence electrons. The van der Waals surface area contributed by atoms with Gasteiger partial charge in [-0.25, -0.2) is 19.3 Å². The van der Waals surface area contributed by atoms with Gasteiger partial charge in [-0.3, -0.25) is 28.8 Å². The van der Waals surface area contributed by atoms with Crippen LogP contribution in [0, 0.1) is 25.6 Å². The van der Waals surface area contributed by atoms with Crippen LogP contribution in [0.5, 0.6) is 0 Å². The lowest BCUT2D eigenvalue weighted by Crippen LogP contribution is -2.59. The van der Waals surface area contributed by atoms with Gasteiger partial charge in [0, 0.05) is 82.9 Å². The first-order valence-electron chi connectivity index (χ1n) is 26.0. The number of anilines is 4. The van der Waals surface area contributed by atoms with Gasteiger partial charge in [-0.15, -0.1) is 0 Å². The summed E-state index contributed by atoms with van der Waals surface area (Å²) in [5.41, 5.74) is 2.03. The lowest BCUT2D eigenvalue weighted by atomic mass is 9.83. The predicted octanol–water partition coefficient (Wildman–Crippen LogP) is 4.90. The van der Waals surface area contributed by atoms with Gasteiger partial charge >= 0.3 is 0 Å². The summed E-state index contributed by atoms with van der Waals surface area (Å²) < 4.78 is 27.6. The van der Waals surface area contributed by atoms with Gasteiger partial charge in [0.2, 0.25) is 17.7 Å². The van der Waals surface area contributed by atoms with Crippen molar-refractivity contribution < 1.29 is 42.6 Å². The number of carbonyl (C=O) groups is 6. The topological polar surface area (TPSA) is 238 Å². The Morgan fingerprint density at radius 2 is 1.57 bits per heavy atom. The maximum absolute atomic E-state index is 14.7. The van der Waals surface area contributed by atoms with Crippen LogP contribution in [0.25, 0.3) is 10.9 Å². The van der Waals surface area contributed by atoms with E-state index in [-0.39, 0.29) is 105 Å². The lowest BCUT2D eigenvalue weighted by molar-refractivity contribution is -0.140. The van der Waals surface area contributed by atoms with Crippen molar-refractivity contribution >= 4 is 91.7 Å². The van der Waals surface area contributed by atoms with Crippen molar-refractivity contribution in [2.75, 3.05) is 108 Å². The lowest BCUT2D eigenvalue weighted by Gasteiger charge is -2.39. The number of para-hydroxylation sites is 1. The van der Waals surface area contributed by atoms with Crippen LogP contribution in [-0.2, 0) is 30.9 Å². The fraction of sp³-hybridized carbons (Fsp3) is 0.491. The van der Waals surface area contributed by atoms with Gasteiger partial charge in [-0.2, -0.15) is 0 Å². The molecule has 5 N–H and O–H groups in total. The Labute approximate surface area is 455 Å². The molecule has 77 heavy (non-hydrogen) atoms. The third kappa shape index (κ3) is 13.9. The number of carbonyl (C=O) groups excluding carboxylic acids is 6. The standard InChI is InChI=1S/C53H67ClFN13O8S/c1-32-10-9-13-38(54)45(32)62-49(71)40-30-58-53(77-40)61-41-29-42(60-34(3)59-41)65-17-19-66(20-18-65)43(69)31-76-27-26-75-25-16-57-50(72)44-37-28-36(55)14-15-39(37)64(5)47(44)52(74)68-23-21-67(22-24-68)51(73)46(35-11-7-6-8-12-35)63-48(70)33(2)56-4/h9-10,13-15,28-30,33,35,46,56H,6-8,11-12,16-27,31H2,1-5H3,(H,57,72)(H,62,71)(H,63,70)(H,58,59,60,61)/t33-,46?/m0/s1. The van der Waals surface area contributed by atoms with Crippen molar-refractivity contribution in [3.05, 3.63) is 87.0 Å². The third-order valence-corrected chi connectivity index (χ3v) is 15.5. The quantitative estimate of drug-likeness (QED) is 0.0653. The summed E-state index contributed by atoms with van der Waals surface area (Å²) in [7, 11) is 3.36. The number of benzene rings is 2. The van der Waals surface area contributed by atoms with Gasteiger partial charge in [0.15, 0.2) is 5.13 Å². The Bertz CT molecular complexity index is 2930. The fourth-order valence-corrected chi connectivity index (χ4v) is 10.9. The highest BCUT2D eigenvalue weighted by Crippen LogP contribution is 2.32. The van der Waals surface area contributed by atoms with Crippen LogP contribution in [0.15, 0.2) is 48.7 Å². The van der Waals surface area contributed by atoms with E-state index in [1.54, 1.807) is 59.3 Å². The van der Waals surface area contributed by atoms with Gasteiger partial charge in [-0.05, 0) is 76.4 Å². The van der Waals surface area contributed by atoms with Crippen LogP contribution in [0.1, 0.15) is 80.9 Å². The zero-order chi connectivity index (χ0) is 54.8. The molecule has 2 atom stereocenters. The number of halogens is 2. The summed E-state index contributed by atoms with van der Waals surface area (Å²) in [5.74, 6) is -0.687. The number of nitrogens with one attached hydrogen (secondary N) is 5. The third-order valence-electron chi connectivity index (χ3n) is 14.3. The summed E-state index contributed by atoms with van der Waals surface area (Å²) in [6.07, 6.45) is 6.29. The molecule has 8 rings (SSSR count). The molecule has 1 aliphatic carbocycles. The SMILES string of the molecule is CN[C@@H](C)C(=O)NC(C(=O)N1CCN(C(=O)c2c(C(=O)NCCOCCOCC(=O)N3CCN(c4cc(Nc5ncc(C(=O)Nc6c(C)cccc6Cl)s5)nc(C)n4)CC3)c3cc(F)ccc3n2C)CC1)C1CCCCC1. The zero-order valence-electron chi connectivity index (χ0n) is 44.1. The van der Waals surface area contributed by atoms with Crippen molar-refractivity contribution in [1.29, 1.82) is 0 Å². The molecule has 3 aromatic heterocycles. The average Bonchev–Trinajstić information content (AvgIpc) is 4.02. The first-order valence-corrected chi connectivity index (χ1v) is 27.2. The molecule has 0 bridgehead atoms. The highest BCUT2D eigenvalue weighted by molar-refractivity contribution is 7.17. The number of aromatic nitrogens is 4. The Balaban J connectivity index is 0.762. The monoisotopic (exact) mass is 1100 g/mol. The summed E-state index contributed by atoms with van der Waals surface area (Å²) in [4.78, 5) is 102. The van der Waals surface area contributed by atoms with E-state index in [0.717, 1.165) is 37.7 Å². The largest absolute Gasteiger partial charge is 0.377 e. The van der Waals surface area contributed by atoms with E-state index in [4.69, 9.17) is 21.1 Å². The van der Waals surface area contributed by atoms with Crippen molar-refractivity contribution in [1.82, 2.24) is 50.2 Å². The highest BCUT2D eigenvalue weighted by atomic mass is 35.5. The second-order valence-electron chi connectivity index (χ2n) is 19.4. The Hall–Kier alpha value is -6.79. The summed E-state index contributed by atoms with van der Waals surface area (Å²) in [5, 5.41) is 16.0.